The number of alkyl halides is 1. The number of benzene rings is 2. The minimum atomic E-state index is -1.89. The average molecular weight is 431 g/mol. The van der Waals surface area contributed by atoms with Crippen molar-refractivity contribution < 1.29 is 23.0 Å². The molecular weight excluding hydrogens is 403 g/mol. The van der Waals surface area contributed by atoms with E-state index in [9.17, 15) is 9.50 Å². The molecular formula is C25H28F3NO2. The maximum absolute atomic E-state index is 15.3. The highest BCUT2D eigenvalue weighted by Crippen LogP contribution is 2.50. The fourth-order valence-corrected chi connectivity index (χ4v) is 4.91. The number of hydrogen-bond acceptors (Lipinski definition) is 3. The molecule has 0 bridgehead atoms. The third-order valence-corrected chi connectivity index (χ3v) is 6.32. The molecule has 0 saturated heterocycles. The SMILES string of the molecule is CCOc1cc(F)c([C@@H]2C3=C(C[C@@H](C)N2CC(C)(F)CO)c2ccccc2C3)c(F)c1. The molecule has 0 amide bonds. The Morgan fingerprint density at radius 3 is 2.52 bits per heavy atom. The smallest absolute Gasteiger partial charge is 0.143 e. The molecule has 1 aliphatic carbocycles. The van der Waals surface area contributed by atoms with E-state index in [0.717, 1.165) is 22.3 Å². The van der Waals surface area contributed by atoms with Crippen molar-refractivity contribution in [3.05, 3.63) is 70.3 Å². The van der Waals surface area contributed by atoms with E-state index in [0.29, 0.717) is 19.4 Å². The highest BCUT2D eigenvalue weighted by molar-refractivity contribution is 5.79. The van der Waals surface area contributed by atoms with E-state index >= 15 is 8.78 Å². The summed E-state index contributed by atoms with van der Waals surface area (Å²) in [5, 5.41) is 9.52. The molecule has 3 atom stereocenters. The lowest BCUT2D eigenvalue weighted by Gasteiger charge is -2.44. The average Bonchev–Trinajstić information content (AvgIpc) is 3.08. The normalized spacial score (nSPS) is 22.8. The molecule has 0 radical (unpaired) electrons. The molecule has 1 unspecified atom stereocenters. The van der Waals surface area contributed by atoms with Gasteiger partial charge in [0, 0.05) is 30.3 Å². The number of ether oxygens (including phenoxy) is 1. The number of hydrogen-bond donors (Lipinski definition) is 1. The van der Waals surface area contributed by atoms with Crippen LogP contribution in [0.3, 0.4) is 0 Å². The fraction of sp³-hybridized carbons (Fsp3) is 0.440. The zero-order chi connectivity index (χ0) is 22.3. The van der Waals surface area contributed by atoms with Crippen LogP contribution in [0, 0.1) is 11.6 Å². The molecule has 1 N–H and O–H groups in total. The molecule has 2 aromatic carbocycles. The molecule has 2 aliphatic rings. The first-order valence-electron chi connectivity index (χ1n) is 10.7. The van der Waals surface area contributed by atoms with Crippen molar-refractivity contribution in [3.8, 4) is 5.75 Å². The quantitative estimate of drug-likeness (QED) is 0.680. The minimum Gasteiger partial charge on any atom is -0.494 e. The van der Waals surface area contributed by atoms with E-state index in [1.807, 2.05) is 31.2 Å². The van der Waals surface area contributed by atoms with E-state index in [-0.39, 0.29) is 23.9 Å². The highest BCUT2D eigenvalue weighted by Gasteiger charge is 2.43. The minimum absolute atomic E-state index is 0.0935. The van der Waals surface area contributed by atoms with Crippen molar-refractivity contribution in [2.75, 3.05) is 19.8 Å². The van der Waals surface area contributed by atoms with Gasteiger partial charge in [0.15, 0.2) is 0 Å². The lowest BCUT2D eigenvalue weighted by Crippen LogP contribution is -2.49. The third-order valence-electron chi connectivity index (χ3n) is 6.32. The molecule has 0 spiro atoms. The molecule has 1 aliphatic heterocycles. The van der Waals surface area contributed by atoms with Gasteiger partial charge in [-0.05, 0) is 55.9 Å². The number of aliphatic hydroxyl groups is 1. The summed E-state index contributed by atoms with van der Waals surface area (Å²) in [4.78, 5) is 1.79. The standard InChI is InChI=1S/C25H28F3NO2/c1-4-31-17-11-21(26)23(22(27)12-17)24-20-10-16-7-5-6-8-18(16)19(20)9-15(2)29(24)13-25(3,28)14-30/h5-8,11-12,15,24,30H,4,9-10,13-14H2,1-3H3/t15-,24+,25?/m1/s1. The predicted octanol–water partition coefficient (Wildman–Crippen LogP) is 5.23. The molecule has 166 valence electrons. The molecule has 6 heteroatoms. The molecule has 0 saturated carbocycles. The van der Waals surface area contributed by atoms with Gasteiger partial charge in [-0.25, -0.2) is 13.2 Å². The third kappa shape index (κ3) is 3.99. The zero-order valence-corrected chi connectivity index (χ0v) is 18.1. The summed E-state index contributed by atoms with van der Waals surface area (Å²) in [5.74, 6) is -1.29. The van der Waals surface area contributed by atoms with E-state index < -0.39 is 30.0 Å². The van der Waals surface area contributed by atoms with Gasteiger partial charge in [-0.15, -0.1) is 0 Å². The van der Waals surface area contributed by atoms with Crippen LogP contribution in [0.5, 0.6) is 5.75 Å². The molecule has 0 fully saturated rings. The van der Waals surface area contributed by atoms with Gasteiger partial charge in [0.1, 0.15) is 23.1 Å². The second-order valence-electron chi connectivity index (χ2n) is 8.77. The summed E-state index contributed by atoms with van der Waals surface area (Å²) < 4.78 is 50.8. The van der Waals surface area contributed by atoms with Crippen molar-refractivity contribution in [2.45, 2.75) is 51.4 Å². The summed E-state index contributed by atoms with van der Waals surface area (Å²) in [7, 11) is 0. The maximum Gasteiger partial charge on any atom is 0.143 e. The molecule has 31 heavy (non-hydrogen) atoms. The Labute approximate surface area is 181 Å². The first-order valence-corrected chi connectivity index (χ1v) is 10.7. The van der Waals surface area contributed by atoms with Crippen LogP contribution in [0.2, 0.25) is 0 Å². The van der Waals surface area contributed by atoms with Gasteiger partial charge in [-0.3, -0.25) is 4.90 Å². The zero-order valence-electron chi connectivity index (χ0n) is 18.1. The number of aliphatic hydroxyl groups excluding tert-OH is 1. The molecule has 0 aromatic heterocycles. The van der Waals surface area contributed by atoms with Crippen molar-refractivity contribution >= 4 is 5.57 Å². The molecule has 2 aromatic rings. The van der Waals surface area contributed by atoms with Crippen molar-refractivity contribution in [1.29, 1.82) is 0 Å². The van der Waals surface area contributed by atoms with Crippen LogP contribution >= 0.6 is 0 Å². The van der Waals surface area contributed by atoms with Crippen LogP contribution in [0.15, 0.2) is 42.0 Å². The van der Waals surface area contributed by atoms with Crippen LogP contribution in [-0.2, 0) is 6.42 Å². The van der Waals surface area contributed by atoms with Gasteiger partial charge in [0.25, 0.3) is 0 Å². The van der Waals surface area contributed by atoms with Gasteiger partial charge in [-0.2, -0.15) is 0 Å². The van der Waals surface area contributed by atoms with Gasteiger partial charge in [-0.1, -0.05) is 24.3 Å². The lowest BCUT2D eigenvalue weighted by atomic mass is 9.84. The summed E-state index contributed by atoms with van der Waals surface area (Å²) in [6.45, 7) is 4.51. The van der Waals surface area contributed by atoms with Crippen LogP contribution in [-0.4, -0.2) is 41.5 Å². The highest BCUT2D eigenvalue weighted by atomic mass is 19.1. The van der Waals surface area contributed by atoms with E-state index in [1.165, 1.54) is 19.1 Å². The Hall–Kier alpha value is -2.31. The molecule has 4 rings (SSSR count). The largest absolute Gasteiger partial charge is 0.494 e. The van der Waals surface area contributed by atoms with Crippen LogP contribution in [0.1, 0.15) is 49.9 Å². The predicted molar refractivity (Wildman–Crippen MR) is 115 cm³/mol. The topological polar surface area (TPSA) is 32.7 Å². The van der Waals surface area contributed by atoms with Crippen LogP contribution in [0.4, 0.5) is 13.2 Å². The Bertz CT molecular complexity index is 995. The summed E-state index contributed by atoms with van der Waals surface area (Å²) in [6, 6.07) is 9.45. The van der Waals surface area contributed by atoms with E-state index in [4.69, 9.17) is 4.74 Å². The lowest BCUT2D eigenvalue weighted by molar-refractivity contribution is 0.0181. The van der Waals surface area contributed by atoms with Crippen molar-refractivity contribution in [3.63, 3.8) is 0 Å². The Kier molecular flexibility index (Phi) is 5.88. The van der Waals surface area contributed by atoms with Gasteiger partial charge >= 0.3 is 0 Å². The monoisotopic (exact) mass is 431 g/mol. The van der Waals surface area contributed by atoms with E-state index in [1.54, 1.807) is 11.8 Å². The summed E-state index contributed by atoms with van der Waals surface area (Å²) >= 11 is 0. The van der Waals surface area contributed by atoms with Crippen LogP contribution in [0.25, 0.3) is 5.57 Å². The summed E-state index contributed by atoms with van der Waals surface area (Å²) in [5.41, 5.74) is 2.21. The second kappa shape index (κ2) is 8.32. The van der Waals surface area contributed by atoms with E-state index in [2.05, 4.69) is 0 Å². The number of fused-ring (bicyclic) bond motifs is 2. The molecule has 1 heterocycles. The summed E-state index contributed by atoms with van der Waals surface area (Å²) in [6.07, 6.45) is 1.22. The fourth-order valence-electron chi connectivity index (χ4n) is 4.91. The second-order valence-corrected chi connectivity index (χ2v) is 8.77. The molecule has 3 nitrogen and oxygen atoms in total. The Morgan fingerprint density at radius 2 is 1.87 bits per heavy atom. The van der Waals surface area contributed by atoms with Gasteiger partial charge in [0.2, 0.25) is 0 Å². The van der Waals surface area contributed by atoms with Crippen LogP contribution < -0.4 is 4.74 Å². The van der Waals surface area contributed by atoms with Crippen molar-refractivity contribution in [1.82, 2.24) is 4.90 Å². The number of rotatable bonds is 6. The van der Waals surface area contributed by atoms with Gasteiger partial charge in [0.05, 0.1) is 19.3 Å². The first-order chi connectivity index (χ1) is 14.8. The Morgan fingerprint density at radius 1 is 1.19 bits per heavy atom. The Balaban J connectivity index is 1.87. The first kappa shape index (κ1) is 21.9. The number of halogens is 3. The number of nitrogens with zero attached hydrogens (tertiary/aromatic N) is 1. The van der Waals surface area contributed by atoms with Gasteiger partial charge < -0.3 is 9.84 Å². The van der Waals surface area contributed by atoms with Crippen molar-refractivity contribution in [2.24, 2.45) is 0 Å². The maximum atomic E-state index is 15.3.